The van der Waals surface area contributed by atoms with E-state index in [1.54, 1.807) is 29.1 Å². The molecule has 1 atom stereocenters. The van der Waals surface area contributed by atoms with Crippen LogP contribution in [-0.4, -0.2) is 54.1 Å². The first kappa shape index (κ1) is 24.4. The first-order chi connectivity index (χ1) is 17.3. The minimum Gasteiger partial charge on any atom is -0.481 e. The Bertz CT molecular complexity index is 1470. The summed E-state index contributed by atoms with van der Waals surface area (Å²) in [5.74, 6) is -1.23. The van der Waals surface area contributed by atoms with E-state index in [1.165, 1.54) is 33.8 Å². The molecule has 11 heteroatoms. The maximum atomic E-state index is 13.6. The van der Waals surface area contributed by atoms with Crippen LogP contribution in [0.1, 0.15) is 28.1 Å². The fourth-order valence-electron chi connectivity index (χ4n) is 4.47. The van der Waals surface area contributed by atoms with Crippen LogP contribution in [0.15, 0.2) is 70.1 Å². The lowest BCUT2D eigenvalue weighted by molar-refractivity contribution is -0.137. The number of benzene rings is 1. The molecule has 0 saturated carbocycles. The number of oxazole rings is 1. The Balaban J connectivity index is 1.47. The molecule has 1 unspecified atom stereocenters. The molecule has 186 valence electrons. The second-order valence-corrected chi connectivity index (χ2v) is 12.8. The van der Waals surface area contributed by atoms with Gasteiger partial charge in [-0.2, -0.15) is 11.3 Å². The number of aromatic nitrogens is 1. The summed E-state index contributed by atoms with van der Waals surface area (Å²) in [6.07, 6.45) is 2.53. The summed E-state index contributed by atoms with van der Waals surface area (Å²) in [5.41, 5.74) is 2.19. The molecular weight excluding hydrogens is 520 g/mol. The van der Waals surface area contributed by atoms with E-state index >= 15 is 0 Å². The normalized spacial score (nSPS) is 19.6. The number of carbonyl (C=O) groups excluding carboxylic acids is 1. The van der Waals surface area contributed by atoms with Gasteiger partial charge in [0.2, 0.25) is 5.89 Å². The van der Waals surface area contributed by atoms with Gasteiger partial charge in [0.1, 0.15) is 11.0 Å². The number of amides is 1. The van der Waals surface area contributed by atoms with Crippen molar-refractivity contribution in [3.63, 3.8) is 0 Å². The fraction of sp³-hybridized carbons (Fsp3) is 0.240. The molecule has 1 aliphatic rings. The highest BCUT2D eigenvalue weighted by molar-refractivity contribution is 7.92. The summed E-state index contributed by atoms with van der Waals surface area (Å²) in [6, 6.07) is 12.7. The van der Waals surface area contributed by atoms with Crippen molar-refractivity contribution in [1.29, 1.82) is 0 Å². The second-order valence-electron chi connectivity index (χ2n) is 8.52. The molecule has 1 N–H and O–H groups in total. The Labute approximate surface area is 215 Å². The molecule has 5 rings (SSSR count). The number of carbonyl (C=O) groups is 2. The van der Waals surface area contributed by atoms with Crippen LogP contribution < -0.4 is 0 Å². The molecule has 1 aliphatic heterocycles. The van der Waals surface area contributed by atoms with E-state index in [4.69, 9.17) is 4.42 Å². The largest absolute Gasteiger partial charge is 0.481 e. The van der Waals surface area contributed by atoms with Gasteiger partial charge in [-0.05, 0) is 47.7 Å². The van der Waals surface area contributed by atoms with Gasteiger partial charge in [0, 0.05) is 33.8 Å². The van der Waals surface area contributed by atoms with Gasteiger partial charge in [-0.15, -0.1) is 11.3 Å². The van der Waals surface area contributed by atoms with Gasteiger partial charge in [0.25, 0.3) is 5.91 Å². The highest BCUT2D eigenvalue weighted by Crippen LogP contribution is 2.45. The van der Waals surface area contributed by atoms with Crippen molar-refractivity contribution < 1.29 is 27.5 Å². The third kappa shape index (κ3) is 4.49. The minimum absolute atomic E-state index is 0.0144. The third-order valence-electron chi connectivity index (χ3n) is 6.41. The Hall–Kier alpha value is -3.28. The summed E-state index contributed by atoms with van der Waals surface area (Å²) in [5, 5.41) is 13.3. The maximum absolute atomic E-state index is 13.6. The molecule has 4 aromatic rings. The van der Waals surface area contributed by atoms with E-state index in [1.807, 2.05) is 30.3 Å². The Morgan fingerprint density at radius 2 is 1.86 bits per heavy atom. The maximum Gasteiger partial charge on any atom is 0.305 e. The van der Waals surface area contributed by atoms with Crippen molar-refractivity contribution in [2.45, 2.75) is 17.6 Å². The van der Waals surface area contributed by atoms with Crippen LogP contribution >= 0.6 is 22.7 Å². The number of aliphatic carboxylic acids is 1. The fourth-order valence-corrected chi connectivity index (χ4v) is 8.70. The van der Waals surface area contributed by atoms with Crippen molar-refractivity contribution in [1.82, 2.24) is 9.88 Å². The van der Waals surface area contributed by atoms with Crippen molar-refractivity contribution >= 4 is 44.4 Å². The quantitative estimate of drug-likeness (QED) is 0.373. The molecule has 0 aliphatic carbocycles. The SMILES string of the molecule is O=C(O)CC1(c2ccc(-c3ccc(-c4ncco4)cc3)s2)CCN(C(=O)c2ccsc2)CCS1(=O)=O. The Kier molecular flexibility index (Phi) is 6.54. The number of nitrogens with zero attached hydrogens (tertiary/aromatic N) is 2. The van der Waals surface area contributed by atoms with Crippen molar-refractivity contribution in [2.24, 2.45) is 0 Å². The molecule has 1 saturated heterocycles. The zero-order valence-corrected chi connectivity index (χ0v) is 21.4. The van der Waals surface area contributed by atoms with Gasteiger partial charge >= 0.3 is 5.97 Å². The molecule has 1 fully saturated rings. The standard InChI is InChI=1S/C25H22N2O6S3/c28-22(29)15-25(8-10-27(11-14-36(25,31)32)24(30)19-7-13-34-16-19)21-6-5-20(35-21)17-1-3-18(4-2-17)23-26-9-12-33-23/h1-7,9,12-13,16H,8,10-11,14-15H2,(H,28,29). The Morgan fingerprint density at radius 1 is 1.08 bits per heavy atom. The molecule has 8 nitrogen and oxygen atoms in total. The van der Waals surface area contributed by atoms with Gasteiger partial charge in [0.05, 0.1) is 23.9 Å². The van der Waals surface area contributed by atoms with E-state index < -0.39 is 27.0 Å². The third-order valence-corrected chi connectivity index (χ3v) is 11.0. The van der Waals surface area contributed by atoms with Crippen LogP contribution in [0, 0.1) is 0 Å². The lowest BCUT2D eigenvalue weighted by Crippen LogP contribution is -2.39. The molecule has 0 spiro atoms. The second kappa shape index (κ2) is 9.64. The van der Waals surface area contributed by atoms with Crippen LogP contribution in [-0.2, 0) is 19.4 Å². The van der Waals surface area contributed by atoms with E-state index in [-0.39, 0.29) is 31.2 Å². The summed E-state index contributed by atoms with van der Waals surface area (Å²) in [6.45, 7) is 0.179. The monoisotopic (exact) mass is 542 g/mol. The lowest BCUT2D eigenvalue weighted by atomic mass is 9.97. The first-order valence-corrected chi connectivity index (χ1v) is 14.6. The highest BCUT2D eigenvalue weighted by Gasteiger charge is 2.50. The summed E-state index contributed by atoms with van der Waals surface area (Å²) in [7, 11) is -3.89. The van der Waals surface area contributed by atoms with Crippen LogP contribution in [0.25, 0.3) is 21.9 Å². The van der Waals surface area contributed by atoms with Crippen LogP contribution in [0.2, 0.25) is 0 Å². The molecule has 0 radical (unpaired) electrons. The van der Waals surface area contributed by atoms with Gasteiger partial charge in [-0.25, -0.2) is 13.4 Å². The lowest BCUT2D eigenvalue weighted by Gasteiger charge is -2.29. The number of rotatable bonds is 6. The van der Waals surface area contributed by atoms with E-state index in [0.29, 0.717) is 16.3 Å². The number of hydrogen-bond acceptors (Lipinski definition) is 8. The molecule has 0 bridgehead atoms. The van der Waals surface area contributed by atoms with E-state index in [2.05, 4.69) is 4.98 Å². The zero-order valence-electron chi connectivity index (χ0n) is 19.0. The molecule has 3 aromatic heterocycles. The van der Waals surface area contributed by atoms with Crippen molar-refractivity contribution in [2.75, 3.05) is 18.8 Å². The van der Waals surface area contributed by atoms with Gasteiger partial charge < -0.3 is 14.4 Å². The number of thiophene rings is 2. The van der Waals surface area contributed by atoms with Crippen LogP contribution in [0.4, 0.5) is 0 Å². The predicted molar refractivity (Wildman–Crippen MR) is 138 cm³/mol. The topological polar surface area (TPSA) is 118 Å². The predicted octanol–water partition coefficient (Wildman–Crippen LogP) is 4.76. The number of carboxylic acid groups (broad SMARTS) is 1. The van der Waals surface area contributed by atoms with Gasteiger partial charge in [-0.1, -0.05) is 12.1 Å². The molecular formula is C25H22N2O6S3. The average molecular weight is 543 g/mol. The number of hydrogen-bond donors (Lipinski definition) is 1. The van der Waals surface area contributed by atoms with E-state index in [0.717, 1.165) is 16.0 Å². The van der Waals surface area contributed by atoms with Gasteiger partial charge in [0.15, 0.2) is 9.84 Å². The van der Waals surface area contributed by atoms with Crippen LogP contribution in [0.5, 0.6) is 0 Å². The van der Waals surface area contributed by atoms with Crippen molar-refractivity contribution in [3.8, 4) is 21.9 Å². The summed E-state index contributed by atoms with van der Waals surface area (Å²) in [4.78, 5) is 31.8. The van der Waals surface area contributed by atoms with Gasteiger partial charge in [-0.3, -0.25) is 9.59 Å². The van der Waals surface area contributed by atoms with Crippen LogP contribution in [0.3, 0.4) is 0 Å². The molecule has 1 amide bonds. The molecule has 36 heavy (non-hydrogen) atoms. The molecule has 4 heterocycles. The van der Waals surface area contributed by atoms with E-state index in [9.17, 15) is 23.1 Å². The zero-order chi connectivity index (χ0) is 25.3. The van der Waals surface area contributed by atoms with Crippen molar-refractivity contribution in [3.05, 3.63) is 76.1 Å². The first-order valence-electron chi connectivity index (χ1n) is 11.2. The smallest absolute Gasteiger partial charge is 0.305 e. The Morgan fingerprint density at radius 3 is 2.53 bits per heavy atom. The average Bonchev–Trinajstić information content (AvgIpc) is 3.64. The highest BCUT2D eigenvalue weighted by atomic mass is 32.2. The summed E-state index contributed by atoms with van der Waals surface area (Å²) < 4.78 is 31.0. The minimum atomic E-state index is -3.89. The molecule has 1 aromatic carbocycles. The number of sulfone groups is 1. The summed E-state index contributed by atoms with van der Waals surface area (Å²) >= 11 is 2.66. The number of carboxylic acids is 1.